The highest BCUT2D eigenvalue weighted by Crippen LogP contribution is 2.42. The number of nitrogens with zero attached hydrogens (tertiary/aromatic N) is 1. The van der Waals surface area contributed by atoms with E-state index in [0.717, 1.165) is 39.0 Å². The molecule has 3 rings (SSSR count). The third kappa shape index (κ3) is 3.29. The van der Waals surface area contributed by atoms with Crippen molar-refractivity contribution in [3.05, 3.63) is 34.9 Å². The van der Waals surface area contributed by atoms with E-state index in [1.165, 1.54) is 16.7 Å². The fourth-order valence-electron chi connectivity index (χ4n) is 4.10. The van der Waals surface area contributed by atoms with Crippen molar-refractivity contribution in [2.75, 3.05) is 33.4 Å². The van der Waals surface area contributed by atoms with Gasteiger partial charge < -0.3 is 10.1 Å². The van der Waals surface area contributed by atoms with Crippen LogP contribution in [0.2, 0.25) is 0 Å². The van der Waals surface area contributed by atoms with Crippen molar-refractivity contribution in [2.24, 2.45) is 11.3 Å². The number of hydrogen-bond acceptors (Lipinski definition) is 3. The maximum atomic E-state index is 12.1. The van der Waals surface area contributed by atoms with Crippen molar-refractivity contribution in [3.63, 3.8) is 0 Å². The smallest absolute Gasteiger partial charge is 0.226 e. The summed E-state index contributed by atoms with van der Waals surface area (Å²) in [7, 11) is 1.69. The van der Waals surface area contributed by atoms with E-state index < -0.39 is 0 Å². The quantitative estimate of drug-likeness (QED) is 0.926. The van der Waals surface area contributed by atoms with Gasteiger partial charge in [0.05, 0.1) is 12.5 Å². The van der Waals surface area contributed by atoms with Crippen LogP contribution in [0.5, 0.6) is 0 Å². The minimum Gasteiger partial charge on any atom is -0.384 e. The van der Waals surface area contributed by atoms with Gasteiger partial charge in [0.25, 0.3) is 0 Å². The largest absolute Gasteiger partial charge is 0.384 e. The van der Waals surface area contributed by atoms with Gasteiger partial charge in [0, 0.05) is 25.6 Å². The van der Waals surface area contributed by atoms with Crippen LogP contribution in [0.4, 0.5) is 0 Å². The van der Waals surface area contributed by atoms with Gasteiger partial charge in [-0.1, -0.05) is 23.8 Å². The molecule has 0 aromatic heterocycles. The van der Waals surface area contributed by atoms with Crippen molar-refractivity contribution in [1.82, 2.24) is 10.2 Å². The third-order valence-electron chi connectivity index (χ3n) is 5.75. The summed E-state index contributed by atoms with van der Waals surface area (Å²) in [5.74, 6) is 0.199. The summed E-state index contributed by atoms with van der Waals surface area (Å²) >= 11 is 0. The van der Waals surface area contributed by atoms with Gasteiger partial charge in [-0.3, -0.25) is 9.69 Å². The fraction of sp³-hybridized carbons (Fsp3) is 0.632. The Kier molecular flexibility index (Phi) is 4.74. The Morgan fingerprint density at radius 1 is 1.30 bits per heavy atom. The van der Waals surface area contributed by atoms with Crippen molar-refractivity contribution >= 4 is 5.91 Å². The average Bonchev–Trinajstić information content (AvgIpc) is 2.83. The van der Waals surface area contributed by atoms with Gasteiger partial charge >= 0.3 is 0 Å². The van der Waals surface area contributed by atoms with Crippen LogP contribution in [0, 0.1) is 25.2 Å². The zero-order chi connectivity index (χ0) is 16.4. The maximum Gasteiger partial charge on any atom is 0.226 e. The Morgan fingerprint density at radius 3 is 2.74 bits per heavy atom. The van der Waals surface area contributed by atoms with Gasteiger partial charge in [0.2, 0.25) is 5.91 Å². The number of hydrogen-bond donors (Lipinski definition) is 1. The van der Waals surface area contributed by atoms with Crippen LogP contribution in [0.1, 0.15) is 29.5 Å². The fourth-order valence-corrected chi connectivity index (χ4v) is 4.10. The molecular formula is C19H28N2O2. The second-order valence-corrected chi connectivity index (χ2v) is 7.29. The molecule has 2 saturated heterocycles. The van der Waals surface area contributed by atoms with E-state index in [1.54, 1.807) is 7.11 Å². The highest BCUT2D eigenvalue weighted by molar-refractivity contribution is 5.82. The highest BCUT2D eigenvalue weighted by Gasteiger charge is 2.49. The molecule has 0 saturated carbocycles. The first-order valence-corrected chi connectivity index (χ1v) is 8.59. The van der Waals surface area contributed by atoms with Gasteiger partial charge in [-0.2, -0.15) is 0 Å². The Balaban J connectivity index is 1.64. The zero-order valence-electron chi connectivity index (χ0n) is 14.5. The minimum absolute atomic E-state index is 0.0235. The van der Waals surface area contributed by atoms with Crippen LogP contribution < -0.4 is 5.32 Å². The Bertz CT molecular complexity index is 577. The number of likely N-dealkylation sites (tertiary alicyclic amines) is 1. The lowest BCUT2D eigenvalue weighted by molar-refractivity contribution is -0.126. The number of amides is 1. The van der Waals surface area contributed by atoms with E-state index in [1.807, 2.05) is 0 Å². The monoisotopic (exact) mass is 316 g/mol. The number of carbonyl (C=O) groups is 1. The number of ether oxygens (including phenoxy) is 1. The number of piperidine rings is 1. The number of aryl methyl sites for hydroxylation is 2. The molecule has 1 amide bonds. The predicted octanol–water partition coefficient (Wildman–Crippen LogP) is 2.28. The molecule has 0 bridgehead atoms. The molecule has 1 spiro atoms. The molecular weight excluding hydrogens is 288 g/mol. The third-order valence-corrected chi connectivity index (χ3v) is 5.75. The molecule has 0 aliphatic carbocycles. The van der Waals surface area contributed by atoms with Crippen molar-refractivity contribution in [2.45, 2.75) is 33.2 Å². The van der Waals surface area contributed by atoms with E-state index in [0.29, 0.717) is 6.61 Å². The number of benzene rings is 1. The van der Waals surface area contributed by atoms with E-state index in [2.05, 4.69) is 42.3 Å². The lowest BCUT2D eigenvalue weighted by Crippen LogP contribution is -2.45. The van der Waals surface area contributed by atoms with Crippen LogP contribution in [-0.2, 0) is 16.1 Å². The van der Waals surface area contributed by atoms with E-state index >= 15 is 0 Å². The molecule has 4 nitrogen and oxygen atoms in total. The van der Waals surface area contributed by atoms with Crippen LogP contribution in [0.25, 0.3) is 0 Å². The first-order chi connectivity index (χ1) is 11.0. The molecule has 2 fully saturated rings. The van der Waals surface area contributed by atoms with Crippen LogP contribution in [0.3, 0.4) is 0 Å². The average molecular weight is 316 g/mol. The molecule has 4 heteroatoms. The molecule has 2 heterocycles. The topological polar surface area (TPSA) is 41.6 Å². The predicted molar refractivity (Wildman–Crippen MR) is 91.2 cm³/mol. The molecule has 2 aliphatic rings. The summed E-state index contributed by atoms with van der Waals surface area (Å²) in [6.45, 7) is 8.83. The molecule has 0 unspecified atom stereocenters. The molecule has 1 aromatic rings. The number of nitrogens with one attached hydrogen (secondary N) is 1. The van der Waals surface area contributed by atoms with Crippen LogP contribution >= 0.6 is 0 Å². The molecule has 23 heavy (non-hydrogen) atoms. The van der Waals surface area contributed by atoms with Crippen LogP contribution in [0.15, 0.2) is 18.2 Å². The van der Waals surface area contributed by atoms with E-state index in [9.17, 15) is 4.79 Å². The van der Waals surface area contributed by atoms with Gasteiger partial charge in [0.1, 0.15) is 0 Å². The Labute approximate surface area is 139 Å². The molecule has 0 radical (unpaired) electrons. The highest BCUT2D eigenvalue weighted by atomic mass is 16.5. The Hall–Kier alpha value is -1.39. The molecule has 1 N–H and O–H groups in total. The standard InChI is InChI=1S/C19H28N2O2/c1-14-4-5-15(2)16(10-14)11-21-8-6-19(7-9-21)13-20-18(22)17(19)12-23-3/h4-5,10,17H,6-9,11-13H2,1-3H3,(H,20,22)/t17-/m1/s1. The molecule has 126 valence electrons. The Morgan fingerprint density at radius 2 is 2.04 bits per heavy atom. The van der Waals surface area contributed by atoms with E-state index in [4.69, 9.17) is 4.74 Å². The molecule has 1 aromatic carbocycles. The normalized spacial score (nSPS) is 24.1. The van der Waals surface area contributed by atoms with Gasteiger partial charge in [-0.25, -0.2) is 0 Å². The summed E-state index contributed by atoms with van der Waals surface area (Å²) in [4.78, 5) is 14.6. The SMILES string of the molecule is COC[C@@H]1C(=O)NCC12CCN(Cc1cc(C)ccc1C)CC2. The molecule has 1 atom stereocenters. The van der Waals surface area contributed by atoms with Gasteiger partial charge in [-0.05, 0) is 50.9 Å². The lowest BCUT2D eigenvalue weighted by Gasteiger charge is -2.41. The van der Waals surface area contributed by atoms with Crippen molar-refractivity contribution < 1.29 is 9.53 Å². The van der Waals surface area contributed by atoms with Gasteiger partial charge in [0.15, 0.2) is 0 Å². The first kappa shape index (κ1) is 16.5. The zero-order valence-corrected chi connectivity index (χ0v) is 14.5. The van der Waals surface area contributed by atoms with Crippen molar-refractivity contribution in [1.29, 1.82) is 0 Å². The number of rotatable bonds is 4. The summed E-state index contributed by atoms with van der Waals surface area (Å²) in [5, 5.41) is 3.06. The summed E-state index contributed by atoms with van der Waals surface area (Å²) < 4.78 is 5.30. The minimum atomic E-state index is 0.0235. The number of carbonyl (C=O) groups excluding carboxylic acids is 1. The number of methoxy groups -OCH3 is 1. The van der Waals surface area contributed by atoms with E-state index in [-0.39, 0.29) is 17.2 Å². The van der Waals surface area contributed by atoms with Gasteiger partial charge in [-0.15, -0.1) is 0 Å². The second-order valence-electron chi connectivity index (χ2n) is 7.29. The van der Waals surface area contributed by atoms with Crippen LogP contribution in [-0.4, -0.2) is 44.2 Å². The maximum absolute atomic E-state index is 12.1. The molecule has 2 aliphatic heterocycles. The van der Waals surface area contributed by atoms with Crippen molar-refractivity contribution in [3.8, 4) is 0 Å². The summed E-state index contributed by atoms with van der Waals surface area (Å²) in [6, 6.07) is 6.69. The lowest BCUT2D eigenvalue weighted by atomic mass is 9.71. The summed E-state index contributed by atoms with van der Waals surface area (Å²) in [6.07, 6.45) is 2.15. The second kappa shape index (κ2) is 6.62. The summed E-state index contributed by atoms with van der Waals surface area (Å²) in [5.41, 5.74) is 4.22. The first-order valence-electron chi connectivity index (χ1n) is 8.59.